The lowest BCUT2D eigenvalue weighted by molar-refractivity contribution is -0.183. The quantitative estimate of drug-likeness (QED) is 0.871. The summed E-state index contributed by atoms with van der Waals surface area (Å²) < 4.78 is 11.7. The van der Waals surface area contributed by atoms with E-state index in [0.29, 0.717) is 29.9 Å². The van der Waals surface area contributed by atoms with Crippen molar-refractivity contribution < 1.29 is 24.2 Å². The number of carboxylic acids is 1. The van der Waals surface area contributed by atoms with Crippen LogP contribution >= 0.6 is 0 Å². The lowest BCUT2D eigenvalue weighted by atomic mass is 9.81. The summed E-state index contributed by atoms with van der Waals surface area (Å²) in [6, 6.07) is 0. The molecule has 0 bridgehead atoms. The maximum absolute atomic E-state index is 12.9. The van der Waals surface area contributed by atoms with Crippen molar-refractivity contribution in [3.63, 3.8) is 0 Å². The third kappa shape index (κ3) is 3.06. The molecule has 0 aliphatic carbocycles. The van der Waals surface area contributed by atoms with Gasteiger partial charge in [0.2, 0.25) is 0 Å². The highest BCUT2D eigenvalue weighted by Crippen LogP contribution is 2.37. The number of piperidine rings is 1. The maximum atomic E-state index is 12.9. The fraction of sp³-hybridized carbons (Fsp3) is 0.667. The van der Waals surface area contributed by atoms with Gasteiger partial charge in [-0.15, -0.1) is 0 Å². The zero-order valence-electron chi connectivity index (χ0n) is 15.1. The van der Waals surface area contributed by atoms with Crippen molar-refractivity contribution in [1.29, 1.82) is 0 Å². The number of nitrogens with zero attached hydrogens (tertiary/aromatic N) is 1. The lowest BCUT2D eigenvalue weighted by Gasteiger charge is -2.48. The van der Waals surface area contributed by atoms with Gasteiger partial charge in [-0.2, -0.15) is 0 Å². The molecule has 2 fully saturated rings. The predicted octanol–water partition coefficient (Wildman–Crippen LogP) is 2.13. The molecule has 0 saturated carbocycles. The molecule has 2 aliphatic rings. The molecule has 1 aromatic rings. The average molecular weight is 350 g/mol. The van der Waals surface area contributed by atoms with Crippen molar-refractivity contribution >= 4 is 11.9 Å². The van der Waals surface area contributed by atoms with Gasteiger partial charge in [-0.05, 0) is 45.1 Å². The summed E-state index contributed by atoms with van der Waals surface area (Å²) in [7, 11) is 1.72. The van der Waals surface area contributed by atoms with Crippen LogP contribution < -0.4 is 0 Å². The van der Waals surface area contributed by atoms with Gasteiger partial charge in [-0.25, -0.2) is 4.79 Å². The molecule has 25 heavy (non-hydrogen) atoms. The van der Waals surface area contributed by atoms with E-state index in [1.165, 1.54) is 0 Å². The van der Waals surface area contributed by atoms with Crippen LogP contribution in [0.5, 0.6) is 0 Å². The zero-order chi connectivity index (χ0) is 18.2. The maximum Gasteiger partial charge on any atom is 0.352 e. The van der Waals surface area contributed by atoms with E-state index >= 15 is 0 Å². The summed E-state index contributed by atoms with van der Waals surface area (Å²) >= 11 is 0. The van der Waals surface area contributed by atoms with Gasteiger partial charge in [0.05, 0.1) is 17.3 Å². The van der Waals surface area contributed by atoms with E-state index in [0.717, 1.165) is 32.3 Å². The van der Waals surface area contributed by atoms with Crippen LogP contribution in [0.1, 0.15) is 57.8 Å². The normalized spacial score (nSPS) is 23.0. The van der Waals surface area contributed by atoms with Crippen LogP contribution in [0.4, 0.5) is 0 Å². The van der Waals surface area contributed by atoms with Crippen LogP contribution in [0.15, 0.2) is 0 Å². The van der Waals surface area contributed by atoms with Crippen LogP contribution in [0, 0.1) is 13.8 Å². The molecule has 138 valence electrons. The molecule has 7 nitrogen and oxygen atoms in total. The third-order valence-electron chi connectivity index (χ3n) is 5.63. The van der Waals surface area contributed by atoms with Gasteiger partial charge >= 0.3 is 5.97 Å². The van der Waals surface area contributed by atoms with E-state index in [-0.39, 0.29) is 23.3 Å². The number of aromatic carboxylic acids is 1. The summed E-state index contributed by atoms with van der Waals surface area (Å²) in [4.78, 5) is 28.8. The topological polar surface area (TPSA) is 91.9 Å². The number of rotatable bonds is 3. The molecule has 2 saturated heterocycles. The first-order valence-electron chi connectivity index (χ1n) is 8.78. The first-order valence-corrected chi connectivity index (χ1v) is 8.78. The molecule has 0 unspecified atom stereocenters. The Balaban J connectivity index is 1.75. The van der Waals surface area contributed by atoms with Crippen LogP contribution in [0.25, 0.3) is 0 Å². The standard InChI is InChI=1S/C18H26N2O5/c1-11-14(12(2)19-15(11)17(22)23)16(21)20-8-6-18(7-9-20)13(24-3)5-4-10-25-18/h13,19H,4-10H2,1-3H3,(H,22,23)/t13-/m0/s1. The monoisotopic (exact) mass is 350 g/mol. The van der Waals surface area contributed by atoms with Crippen LogP contribution in [0.3, 0.4) is 0 Å². The number of nitrogens with one attached hydrogen (secondary N) is 1. The highest BCUT2D eigenvalue weighted by molar-refractivity contribution is 6.00. The Morgan fingerprint density at radius 2 is 2.00 bits per heavy atom. The van der Waals surface area contributed by atoms with E-state index in [1.54, 1.807) is 25.9 Å². The molecule has 2 aliphatic heterocycles. The lowest BCUT2D eigenvalue weighted by Crippen LogP contribution is -2.56. The fourth-order valence-electron chi connectivity index (χ4n) is 4.23. The number of carboxylic acid groups (broad SMARTS) is 1. The SMILES string of the molecule is CO[C@H]1CCCOC12CCN(C(=O)c1c(C)[nH]c(C(=O)O)c1C)CC2. The zero-order valence-corrected chi connectivity index (χ0v) is 15.1. The van der Waals surface area contributed by atoms with Crippen molar-refractivity contribution in [2.24, 2.45) is 0 Å². The minimum atomic E-state index is -1.05. The molecular formula is C18H26N2O5. The van der Waals surface area contributed by atoms with Crippen molar-refractivity contribution in [3.8, 4) is 0 Å². The highest BCUT2D eigenvalue weighted by Gasteiger charge is 2.45. The smallest absolute Gasteiger partial charge is 0.352 e. The van der Waals surface area contributed by atoms with Gasteiger partial charge in [0, 0.05) is 32.5 Å². The van der Waals surface area contributed by atoms with Gasteiger partial charge in [-0.1, -0.05) is 0 Å². The van der Waals surface area contributed by atoms with E-state index < -0.39 is 5.97 Å². The van der Waals surface area contributed by atoms with Crippen LogP contribution in [-0.4, -0.2) is 65.4 Å². The van der Waals surface area contributed by atoms with E-state index in [2.05, 4.69) is 4.98 Å². The molecule has 7 heteroatoms. The molecule has 0 radical (unpaired) electrons. The summed E-state index contributed by atoms with van der Waals surface area (Å²) in [5.41, 5.74) is 1.37. The van der Waals surface area contributed by atoms with E-state index in [1.807, 2.05) is 0 Å². The second-order valence-electron chi connectivity index (χ2n) is 7.00. The molecule has 3 rings (SSSR count). The van der Waals surface area contributed by atoms with E-state index in [4.69, 9.17) is 9.47 Å². The number of hydrogen-bond acceptors (Lipinski definition) is 4. The number of carbonyl (C=O) groups is 2. The summed E-state index contributed by atoms with van der Waals surface area (Å²) in [5, 5.41) is 9.23. The predicted molar refractivity (Wildman–Crippen MR) is 91.1 cm³/mol. The summed E-state index contributed by atoms with van der Waals surface area (Å²) in [6.45, 7) is 5.34. The van der Waals surface area contributed by atoms with Crippen molar-refractivity contribution in [3.05, 3.63) is 22.5 Å². The van der Waals surface area contributed by atoms with Gasteiger partial charge in [0.15, 0.2) is 0 Å². The second kappa shape index (κ2) is 6.80. The number of methoxy groups -OCH3 is 1. The Bertz CT molecular complexity index is 673. The molecule has 2 N–H and O–H groups in total. The number of aromatic amines is 1. The number of carbonyl (C=O) groups excluding carboxylic acids is 1. The van der Waals surface area contributed by atoms with Crippen molar-refractivity contribution in [2.75, 3.05) is 26.8 Å². The molecule has 1 amide bonds. The first-order chi connectivity index (χ1) is 11.9. The van der Waals surface area contributed by atoms with Gasteiger partial charge < -0.3 is 24.5 Å². The van der Waals surface area contributed by atoms with Gasteiger partial charge in [-0.3, -0.25) is 4.79 Å². The number of hydrogen-bond donors (Lipinski definition) is 2. The van der Waals surface area contributed by atoms with Crippen LogP contribution in [0.2, 0.25) is 0 Å². The van der Waals surface area contributed by atoms with E-state index in [9.17, 15) is 14.7 Å². The summed E-state index contributed by atoms with van der Waals surface area (Å²) in [5.74, 6) is -1.16. The second-order valence-corrected chi connectivity index (χ2v) is 7.00. The van der Waals surface area contributed by atoms with Crippen molar-refractivity contribution in [1.82, 2.24) is 9.88 Å². The number of likely N-dealkylation sites (tertiary alicyclic amines) is 1. The fourth-order valence-corrected chi connectivity index (χ4v) is 4.23. The number of aromatic nitrogens is 1. The highest BCUT2D eigenvalue weighted by atomic mass is 16.5. The molecule has 0 aromatic carbocycles. The van der Waals surface area contributed by atoms with Gasteiger partial charge in [0.1, 0.15) is 5.69 Å². The number of aryl methyl sites for hydroxylation is 1. The average Bonchev–Trinajstić information content (AvgIpc) is 2.90. The Kier molecular flexibility index (Phi) is 4.88. The Hall–Kier alpha value is -1.86. The van der Waals surface area contributed by atoms with Gasteiger partial charge in [0.25, 0.3) is 5.91 Å². The van der Waals surface area contributed by atoms with Crippen LogP contribution in [-0.2, 0) is 9.47 Å². The molecule has 1 spiro atoms. The van der Waals surface area contributed by atoms with Crippen molar-refractivity contribution in [2.45, 2.75) is 51.2 Å². The third-order valence-corrected chi connectivity index (χ3v) is 5.63. The Labute approximate surface area is 147 Å². The Morgan fingerprint density at radius 1 is 1.32 bits per heavy atom. The minimum Gasteiger partial charge on any atom is -0.477 e. The summed E-state index contributed by atoms with van der Waals surface area (Å²) in [6.07, 6.45) is 3.55. The largest absolute Gasteiger partial charge is 0.477 e. The minimum absolute atomic E-state index is 0.0767. The molecule has 1 atom stereocenters. The molecule has 3 heterocycles. The number of ether oxygens (including phenoxy) is 2. The number of H-pyrrole nitrogens is 1. The number of amides is 1. The first kappa shape index (κ1) is 17.9. The Morgan fingerprint density at radius 3 is 2.56 bits per heavy atom. The molecule has 1 aromatic heterocycles. The molecular weight excluding hydrogens is 324 g/mol.